The molecule has 1 heterocycles. The summed E-state index contributed by atoms with van der Waals surface area (Å²) in [5, 5.41) is 12.2. The zero-order valence-corrected chi connectivity index (χ0v) is 18.6. The summed E-state index contributed by atoms with van der Waals surface area (Å²) in [6.07, 6.45) is 2.04. The van der Waals surface area contributed by atoms with Gasteiger partial charge in [0.15, 0.2) is 5.13 Å². The number of hydrogen-bond donors (Lipinski definition) is 2. The highest BCUT2D eigenvalue weighted by Crippen LogP contribution is 2.37. The van der Waals surface area contributed by atoms with E-state index in [0.29, 0.717) is 18.2 Å². The van der Waals surface area contributed by atoms with Crippen LogP contribution in [0.5, 0.6) is 5.75 Å². The summed E-state index contributed by atoms with van der Waals surface area (Å²) in [4.78, 5) is 28.4. The average molecular weight is 433 g/mol. The van der Waals surface area contributed by atoms with Gasteiger partial charge in [0, 0.05) is 11.3 Å². The lowest BCUT2D eigenvalue weighted by Crippen LogP contribution is -2.27. The Hall–Kier alpha value is -2.61. The van der Waals surface area contributed by atoms with Gasteiger partial charge >= 0.3 is 12.1 Å². The lowest BCUT2D eigenvalue weighted by atomic mass is 9.98. The van der Waals surface area contributed by atoms with Crippen LogP contribution >= 0.6 is 11.3 Å². The molecule has 30 heavy (non-hydrogen) atoms. The lowest BCUT2D eigenvalue weighted by molar-refractivity contribution is -0.137. The Morgan fingerprint density at radius 1 is 1.33 bits per heavy atom. The highest BCUT2D eigenvalue weighted by molar-refractivity contribution is 7.15. The Balaban J connectivity index is 1.53. The van der Waals surface area contributed by atoms with Crippen LogP contribution in [0.2, 0.25) is 0 Å². The van der Waals surface area contributed by atoms with E-state index in [4.69, 9.17) is 14.6 Å². The third kappa shape index (κ3) is 5.95. The molecule has 8 heteroatoms. The summed E-state index contributed by atoms with van der Waals surface area (Å²) in [5.74, 6) is 0.122. The maximum atomic E-state index is 11.9. The summed E-state index contributed by atoms with van der Waals surface area (Å²) in [7, 11) is 0. The van der Waals surface area contributed by atoms with Crippen molar-refractivity contribution in [2.24, 2.45) is 0 Å². The molecule has 0 bridgehead atoms. The molecule has 1 aromatic heterocycles. The fourth-order valence-corrected chi connectivity index (χ4v) is 4.41. The summed E-state index contributed by atoms with van der Waals surface area (Å²) < 4.78 is 11.2. The lowest BCUT2D eigenvalue weighted by Gasteiger charge is -2.18. The van der Waals surface area contributed by atoms with Gasteiger partial charge in [-0.15, -0.1) is 11.3 Å². The molecule has 1 aliphatic carbocycles. The molecular weight excluding hydrogens is 404 g/mol. The smallest absolute Gasteiger partial charge is 0.413 e. The quantitative estimate of drug-likeness (QED) is 0.644. The van der Waals surface area contributed by atoms with Crippen LogP contribution in [0.25, 0.3) is 0 Å². The first kappa shape index (κ1) is 22.1. The number of carboxylic acids is 1. The van der Waals surface area contributed by atoms with Gasteiger partial charge in [-0.05, 0) is 69.7 Å². The predicted octanol–water partition coefficient (Wildman–Crippen LogP) is 4.92. The molecule has 0 spiro atoms. The van der Waals surface area contributed by atoms with E-state index < -0.39 is 17.7 Å². The predicted molar refractivity (Wildman–Crippen MR) is 116 cm³/mol. The number of fused-ring (bicyclic) bond motifs is 1. The van der Waals surface area contributed by atoms with Crippen molar-refractivity contribution >= 4 is 28.5 Å². The number of anilines is 1. The number of benzene rings is 1. The molecular formula is C22H28N2O5S. The monoisotopic (exact) mass is 432 g/mol. The minimum atomic E-state index is -0.757. The van der Waals surface area contributed by atoms with Crippen molar-refractivity contribution in [3.63, 3.8) is 0 Å². The molecule has 0 radical (unpaired) electrons. The maximum Gasteiger partial charge on any atom is 0.413 e. The number of amides is 1. The van der Waals surface area contributed by atoms with Gasteiger partial charge in [0.2, 0.25) is 0 Å². The number of aliphatic carboxylic acids is 1. The van der Waals surface area contributed by atoms with Crippen molar-refractivity contribution in [2.75, 3.05) is 11.9 Å². The van der Waals surface area contributed by atoms with Crippen LogP contribution in [-0.2, 0) is 22.4 Å². The Morgan fingerprint density at radius 2 is 2.10 bits per heavy atom. The number of nitrogens with zero attached hydrogens (tertiary/aromatic N) is 1. The SMILES string of the molecule is Cc1sc(NC(=O)OC(C)(C)C)nc1CCOc1ccc2c(c1)CC[C@H]2CC(=O)O. The van der Waals surface area contributed by atoms with Gasteiger partial charge in [-0.1, -0.05) is 6.07 Å². The van der Waals surface area contributed by atoms with Crippen LogP contribution in [-0.4, -0.2) is 34.4 Å². The van der Waals surface area contributed by atoms with Crippen molar-refractivity contribution in [1.82, 2.24) is 4.98 Å². The van der Waals surface area contributed by atoms with Crippen molar-refractivity contribution in [3.8, 4) is 5.75 Å². The van der Waals surface area contributed by atoms with E-state index in [-0.39, 0.29) is 12.3 Å². The van der Waals surface area contributed by atoms with Crippen LogP contribution < -0.4 is 10.1 Å². The van der Waals surface area contributed by atoms with E-state index >= 15 is 0 Å². The van der Waals surface area contributed by atoms with Crippen LogP contribution in [0, 0.1) is 6.92 Å². The summed E-state index contributed by atoms with van der Waals surface area (Å²) in [5.41, 5.74) is 2.62. The van der Waals surface area contributed by atoms with Crippen molar-refractivity contribution in [3.05, 3.63) is 39.9 Å². The molecule has 2 aromatic rings. The Bertz CT molecular complexity index is 932. The Labute approximate surface area is 180 Å². The Kier molecular flexibility index (Phi) is 6.65. The van der Waals surface area contributed by atoms with Gasteiger partial charge in [0.05, 0.1) is 18.7 Å². The van der Waals surface area contributed by atoms with Crippen LogP contribution in [0.4, 0.5) is 9.93 Å². The molecule has 0 unspecified atom stereocenters. The highest BCUT2D eigenvalue weighted by Gasteiger charge is 2.25. The van der Waals surface area contributed by atoms with Gasteiger partial charge in [0.25, 0.3) is 0 Å². The number of carboxylic acid groups (broad SMARTS) is 1. The van der Waals surface area contributed by atoms with Crippen molar-refractivity contribution in [1.29, 1.82) is 0 Å². The molecule has 7 nitrogen and oxygen atoms in total. The van der Waals surface area contributed by atoms with E-state index in [1.807, 2.05) is 45.9 Å². The van der Waals surface area contributed by atoms with E-state index in [1.165, 1.54) is 16.9 Å². The first-order valence-corrected chi connectivity index (χ1v) is 10.9. The van der Waals surface area contributed by atoms with E-state index in [0.717, 1.165) is 34.7 Å². The van der Waals surface area contributed by atoms with Crippen molar-refractivity contribution < 1.29 is 24.2 Å². The number of rotatable bonds is 7. The number of carbonyl (C=O) groups excluding carboxylic acids is 1. The molecule has 0 saturated heterocycles. The zero-order chi connectivity index (χ0) is 21.9. The number of hydrogen-bond acceptors (Lipinski definition) is 6. The third-order valence-corrected chi connectivity index (χ3v) is 5.77. The Morgan fingerprint density at radius 3 is 2.80 bits per heavy atom. The molecule has 3 rings (SSSR count). The average Bonchev–Trinajstić information content (AvgIpc) is 3.16. The second-order valence-electron chi connectivity index (χ2n) is 8.44. The van der Waals surface area contributed by atoms with Gasteiger partial charge in [-0.25, -0.2) is 9.78 Å². The molecule has 0 saturated carbocycles. The van der Waals surface area contributed by atoms with Crippen LogP contribution in [0.15, 0.2) is 18.2 Å². The number of thiazole rings is 1. The van der Waals surface area contributed by atoms with Gasteiger partial charge in [-0.3, -0.25) is 10.1 Å². The normalized spacial score (nSPS) is 15.5. The number of carbonyl (C=O) groups is 2. The zero-order valence-electron chi connectivity index (χ0n) is 17.8. The van der Waals surface area contributed by atoms with Crippen LogP contribution in [0.1, 0.15) is 61.2 Å². The second-order valence-corrected chi connectivity index (χ2v) is 9.64. The molecule has 0 aliphatic heterocycles. The van der Waals surface area contributed by atoms with Crippen molar-refractivity contribution in [2.45, 2.75) is 64.9 Å². The largest absolute Gasteiger partial charge is 0.493 e. The highest BCUT2D eigenvalue weighted by atomic mass is 32.1. The fraction of sp³-hybridized carbons (Fsp3) is 0.500. The van der Waals surface area contributed by atoms with Gasteiger partial charge < -0.3 is 14.6 Å². The summed E-state index contributed by atoms with van der Waals surface area (Å²) in [6, 6.07) is 5.91. The fourth-order valence-electron chi connectivity index (χ4n) is 3.56. The number of ether oxygens (including phenoxy) is 2. The molecule has 0 fully saturated rings. The van der Waals surface area contributed by atoms with Crippen LogP contribution in [0.3, 0.4) is 0 Å². The number of nitrogens with one attached hydrogen (secondary N) is 1. The first-order chi connectivity index (χ1) is 14.1. The maximum absolute atomic E-state index is 11.9. The molecule has 2 N–H and O–H groups in total. The van der Waals surface area contributed by atoms with Gasteiger partial charge in [-0.2, -0.15) is 0 Å². The minimum absolute atomic E-state index is 0.0973. The van der Waals surface area contributed by atoms with Gasteiger partial charge in [0.1, 0.15) is 11.4 Å². The molecule has 1 atom stereocenters. The first-order valence-electron chi connectivity index (χ1n) is 10.0. The molecule has 1 aliphatic rings. The standard InChI is InChI=1S/C22H28N2O5S/c1-13-18(23-20(30-13)24-21(27)29-22(2,3)4)9-10-28-16-7-8-17-14(11-16)5-6-15(17)12-19(25)26/h7-8,11,15H,5-6,9-10,12H2,1-4H3,(H,25,26)(H,23,24,27)/t15-/m0/s1. The summed E-state index contributed by atoms with van der Waals surface area (Å²) >= 11 is 1.41. The molecule has 1 amide bonds. The third-order valence-electron chi connectivity index (χ3n) is 4.85. The number of aryl methyl sites for hydroxylation is 2. The number of aromatic nitrogens is 1. The summed E-state index contributed by atoms with van der Waals surface area (Å²) in [6.45, 7) is 7.87. The van der Waals surface area contributed by atoms with E-state index in [9.17, 15) is 9.59 Å². The van der Waals surface area contributed by atoms with E-state index in [1.54, 1.807) is 0 Å². The van der Waals surface area contributed by atoms with E-state index in [2.05, 4.69) is 10.3 Å². The molecule has 162 valence electrons. The topological polar surface area (TPSA) is 97.8 Å². The molecule has 1 aromatic carbocycles. The second kappa shape index (κ2) is 9.04. The minimum Gasteiger partial charge on any atom is -0.493 e.